The zero-order valence-electron chi connectivity index (χ0n) is 10.8. The minimum atomic E-state index is -3.57. The highest BCUT2D eigenvalue weighted by molar-refractivity contribution is 9.10. The predicted octanol–water partition coefficient (Wildman–Crippen LogP) is 1.32. The van der Waals surface area contributed by atoms with Gasteiger partial charge >= 0.3 is 0 Å². The van der Waals surface area contributed by atoms with Gasteiger partial charge in [0.1, 0.15) is 0 Å². The molecule has 9 heteroatoms. The number of amidine groups is 1. The molecule has 0 bridgehead atoms. The number of hydrogen-bond acceptors (Lipinski definition) is 5. The van der Waals surface area contributed by atoms with Crippen LogP contribution in [-0.2, 0) is 14.8 Å². The summed E-state index contributed by atoms with van der Waals surface area (Å²) in [6.45, 7) is 2.33. The monoisotopic (exact) mass is 365 g/mol. The van der Waals surface area contributed by atoms with Gasteiger partial charge in [-0.25, -0.2) is 8.42 Å². The first-order chi connectivity index (χ1) is 9.39. The number of nitrogens with zero attached hydrogens (tertiary/aromatic N) is 1. The lowest BCUT2D eigenvalue weighted by Gasteiger charge is -2.12. The molecule has 1 aromatic rings. The summed E-state index contributed by atoms with van der Waals surface area (Å²) in [5, 5.41) is 11.6. The smallest absolute Gasteiger partial charge is 0.235 e. The van der Waals surface area contributed by atoms with Crippen molar-refractivity contribution in [3.63, 3.8) is 0 Å². The molecule has 1 rings (SSSR count). The van der Waals surface area contributed by atoms with Gasteiger partial charge in [-0.3, -0.25) is 4.72 Å². The molecule has 0 atom stereocenters. The summed E-state index contributed by atoms with van der Waals surface area (Å²) in [6, 6.07) is 4.72. The third-order valence-electron chi connectivity index (χ3n) is 2.33. The van der Waals surface area contributed by atoms with Gasteiger partial charge in [0, 0.05) is 16.6 Å². The topological polar surface area (TPSA) is 114 Å². The minimum Gasteiger partial charge on any atom is -0.409 e. The Bertz CT molecular complexity index is 589. The normalized spacial score (nSPS) is 12.4. The number of ether oxygens (including phenoxy) is 1. The standard InChI is InChI=1S/C11H16BrN3O4S/c1-2-19-5-6-20(17,18)15-10-4-3-8(12)7-9(10)11(13)14-16/h3-4,7,15-16H,2,5-6H2,1H3,(H2,13,14). The number of nitrogens with one attached hydrogen (secondary N) is 1. The number of benzene rings is 1. The maximum absolute atomic E-state index is 11.9. The molecule has 4 N–H and O–H groups in total. The molecular formula is C11H16BrN3O4S. The summed E-state index contributed by atoms with van der Waals surface area (Å²) in [4.78, 5) is 0. The maximum atomic E-state index is 11.9. The van der Waals surface area contributed by atoms with Crippen LogP contribution in [0.4, 0.5) is 5.69 Å². The first kappa shape index (κ1) is 16.7. The summed E-state index contributed by atoms with van der Waals surface area (Å²) in [7, 11) is -3.57. The molecule has 0 aliphatic rings. The van der Waals surface area contributed by atoms with Gasteiger partial charge in [0.2, 0.25) is 10.0 Å². The van der Waals surface area contributed by atoms with Crippen LogP contribution < -0.4 is 10.5 Å². The van der Waals surface area contributed by atoms with Crippen LogP contribution in [0.2, 0.25) is 0 Å². The van der Waals surface area contributed by atoms with E-state index >= 15 is 0 Å². The Morgan fingerprint density at radius 3 is 2.85 bits per heavy atom. The van der Waals surface area contributed by atoms with E-state index in [1.165, 1.54) is 6.07 Å². The highest BCUT2D eigenvalue weighted by Crippen LogP contribution is 2.22. The molecule has 1 aromatic carbocycles. The minimum absolute atomic E-state index is 0.0985. The zero-order chi connectivity index (χ0) is 15.2. The molecule has 0 fully saturated rings. The summed E-state index contributed by atoms with van der Waals surface area (Å²) < 4.78 is 31.8. The number of oxime groups is 1. The summed E-state index contributed by atoms with van der Waals surface area (Å²) >= 11 is 3.24. The second kappa shape index (κ2) is 7.46. The van der Waals surface area contributed by atoms with Crippen LogP contribution in [0.5, 0.6) is 0 Å². The molecule has 7 nitrogen and oxygen atoms in total. The van der Waals surface area contributed by atoms with Gasteiger partial charge in [-0.15, -0.1) is 0 Å². The molecule has 0 unspecified atom stereocenters. The quantitative estimate of drug-likeness (QED) is 0.221. The Morgan fingerprint density at radius 1 is 1.55 bits per heavy atom. The molecule has 0 heterocycles. The van der Waals surface area contributed by atoms with Crippen molar-refractivity contribution in [1.82, 2.24) is 0 Å². The van der Waals surface area contributed by atoms with Crippen molar-refractivity contribution in [3.8, 4) is 0 Å². The average molecular weight is 366 g/mol. The van der Waals surface area contributed by atoms with Crippen molar-refractivity contribution >= 4 is 37.5 Å². The van der Waals surface area contributed by atoms with Crippen molar-refractivity contribution in [3.05, 3.63) is 28.2 Å². The largest absolute Gasteiger partial charge is 0.409 e. The van der Waals surface area contributed by atoms with Crippen molar-refractivity contribution in [2.45, 2.75) is 6.92 Å². The number of sulfonamides is 1. The Kier molecular flexibility index (Phi) is 6.24. The van der Waals surface area contributed by atoms with Crippen LogP contribution in [0, 0.1) is 0 Å². The van der Waals surface area contributed by atoms with E-state index in [4.69, 9.17) is 15.7 Å². The van der Waals surface area contributed by atoms with E-state index in [-0.39, 0.29) is 29.4 Å². The fourth-order valence-corrected chi connectivity index (χ4v) is 2.72. The first-order valence-corrected chi connectivity index (χ1v) is 8.20. The van der Waals surface area contributed by atoms with Crippen LogP contribution in [0.1, 0.15) is 12.5 Å². The van der Waals surface area contributed by atoms with Gasteiger partial charge in [-0.05, 0) is 25.1 Å². The Morgan fingerprint density at radius 2 is 2.25 bits per heavy atom. The predicted molar refractivity (Wildman–Crippen MR) is 80.6 cm³/mol. The van der Waals surface area contributed by atoms with Crippen LogP contribution >= 0.6 is 15.9 Å². The number of nitrogens with two attached hydrogens (primary N) is 1. The highest BCUT2D eigenvalue weighted by atomic mass is 79.9. The van der Waals surface area contributed by atoms with Crippen LogP contribution in [0.3, 0.4) is 0 Å². The first-order valence-electron chi connectivity index (χ1n) is 5.75. The van der Waals surface area contributed by atoms with E-state index in [0.29, 0.717) is 11.1 Å². The molecule has 112 valence electrons. The summed E-state index contributed by atoms with van der Waals surface area (Å²) in [6.07, 6.45) is 0. The van der Waals surface area contributed by atoms with Gasteiger partial charge in [-0.1, -0.05) is 21.1 Å². The van der Waals surface area contributed by atoms with E-state index in [9.17, 15) is 8.42 Å². The number of rotatable bonds is 7. The lowest BCUT2D eigenvalue weighted by Crippen LogP contribution is -2.23. The van der Waals surface area contributed by atoms with Gasteiger partial charge in [0.15, 0.2) is 5.84 Å². The Balaban J connectivity index is 2.97. The summed E-state index contributed by atoms with van der Waals surface area (Å²) in [5.41, 5.74) is 6.04. The molecule has 0 aliphatic heterocycles. The van der Waals surface area contributed by atoms with E-state index < -0.39 is 10.0 Å². The molecule has 20 heavy (non-hydrogen) atoms. The molecule has 0 aromatic heterocycles. The number of hydrogen-bond donors (Lipinski definition) is 3. The Labute approximate surface area is 126 Å². The fourth-order valence-electron chi connectivity index (χ4n) is 1.40. The fraction of sp³-hybridized carbons (Fsp3) is 0.364. The summed E-state index contributed by atoms with van der Waals surface area (Å²) in [5.74, 6) is -0.360. The van der Waals surface area contributed by atoms with E-state index in [2.05, 4.69) is 25.8 Å². The Hall–Kier alpha value is -1.32. The molecule has 0 amide bonds. The SMILES string of the molecule is CCOCCS(=O)(=O)Nc1ccc(Br)cc1/C(N)=N/O. The van der Waals surface area contributed by atoms with Crippen molar-refractivity contribution in [2.24, 2.45) is 10.9 Å². The lowest BCUT2D eigenvalue weighted by molar-refractivity contribution is 0.163. The molecule has 0 radical (unpaired) electrons. The highest BCUT2D eigenvalue weighted by Gasteiger charge is 2.15. The molecular weight excluding hydrogens is 350 g/mol. The number of halogens is 1. The van der Waals surface area contributed by atoms with E-state index in [0.717, 1.165) is 0 Å². The second-order valence-electron chi connectivity index (χ2n) is 3.79. The second-order valence-corrected chi connectivity index (χ2v) is 6.55. The van der Waals surface area contributed by atoms with Crippen molar-refractivity contribution in [1.29, 1.82) is 0 Å². The van der Waals surface area contributed by atoms with Gasteiger partial charge < -0.3 is 15.7 Å². The van der Waals surface area contributed by atoms with Gasteiger partial charge in [0.25, 0.3) is 0 Å². The maximum Gasteiger partial charge on any atom is 0.235 e. The van der Waals surface area contributed by atoms with Crippen LogP contribution in [-0.4, -0.2) is 38.4 Å². The third kappa shape index (κ3) is 4.99. The molecule has 0 saturated heterocycles. The molecule has 0 aliphatic carbocycles. The molecule has 0 saturated carbocycles. The molecule has 0 spiro atoms. The van der Waals surface area contributed by atoms with Crippen molar-refractivity contribution in [2.75, 3.05) is 23.7 Å². The van der Waals surface area contributed by atoms with Crippen LogP contribution in [0.15, 0.2) is 27.8 Å². The average Bonchev–Trinajstić information content (AvgIpc) is 2.40. The number of anilines is 1. The lowest BCUT2D eigenvalue weighted by atomic mass is 10.2. The van der Waals surface area contributed by atoms with E-state index in [1.54, 1.807) is 19.1 Å². The van der Waals surface area contributed by atoms with E-state index in [1.807, 2.05) is 0 Å². The van der Waals surface area contributed by atoms with Gasteiger partial charge in [-0.2, -0.15) is 0 Å². The van der Waals surface area contributed by atoms with Gasteiger partial charge in [0.05, 0.1) is 18.0 Å². The third-order valence-corrected chi connectivity index (χ3v) is 4.06. The van der Waals surface area contributed by atoms with Crippen molar-refractivity contribution < 1.29 is 18.4 Å². The van der Waals surface area contributed by atoms with Crippen LogP contribution in [0.25, 0.3) is 0 Å². The zero-order valence-corrected chi connectivity index (χ0v) is 13.2.